The van der Waals surface area contributed by atoms with Gasteiger partial charge in [0.25, 0.3) is 0 Å². The van der Waals surface area contributed by atoms with Crippen molar-refractivity contribution >= 4 is 15.9 Å². The molecule has 3 heteroatoms. The average molecular weight is 225 g/mol. The van der Waals surface area contributed by atoms with Crippen LogP contribution >= 0.6 is 15.9 Å². The minimum Gasteiger partial charge on any atom is -0.384 e. The first-order valence-electron chi connectivity index (χ1n) is 7.11. The third kappa shape index (κ3) is 2.27. The van der Waals surface area contributed by atoms with E-state index in [1.807, 2.05) is 0 Å². The highest BCUT2D eigenvalue weighted by atomic mass is 79.9. The SMILES string of the molecule is [2H]c1nc(C(O)(C([2H])([2H])[2H])C([2H])([2H])[2H])c([2H])c([2H])c1Br. The minimum atomic E-state index is -3.43. The Morgan fingerprint density at radius 2 is 2.45 bits per heavy atom. The van der Waals surface area contributed by atoms with E-state index in [-0.39, 0.29) is 4.47 Å². The summed E-state index contributed by atoms with van der Waals surface area (Å²) in [7, 11) is 0. The topological polar surface area (TPSA) is 33.1 Å². The lowest BCUT2D eigenvalue weighted by Gasteiger charge is -2.15. The molecule has 1 heterocycles. The van der Waals surface area contributed by atoms with Crippen LogP contribution in [0.3, 0.4) is 0 Å². The molecule has 0 bridgehead atoms. The second kappa shape index (κ2) is 2.91. The normalized spacial score (nSPS) is 25.8. The lowest BCUT2D eigenvalue weighted by molar-refractivity contribution is 0.0738. The highest BCUT2D eigenvalue weighted by Gasteiger charge is 2.16. The molecule has 0 saturated carbocycles. The van der Waals surface area contributed by atoms with E-state index in [1.165, 1.54) is 0 Å². The van der Waals surface area contributed by atoms with Crippen molar-refractivity contribution in [2.45, 2.75) is 19.3 Å². The Morgan fingerprint density at radius 3 is 3.09 bits per heavy atom. The molecule has 0 radical (unpaired) electrons. The summed E-state index contributed by atoms with van der Waals surface area (Å²) >= 11 is 2.81. The van der Waals surface area contributed by atoms with Crippen molar-refractivity contribution in [2.24, 2.45) is 0 Å². The average Bonchev–Trinajstić information content (AvgIpc) is 2.27. The van der Waals surface area contributed by atoms with Crippen molar-refractivity contribution in [2.75, 3.05) is 0 Å². The Kier molecular flexibility index (Phi) is 0.672. The van der Waals surface area contributed by atoms with E-state index < -0.39 is 43.3 Å². The van der Waals surface area contributed by atoms with Crippen molar-refractivity contribution < 1.29 is 17.4 Å². The van der Waals surface area contributed by atoms with Crippen LogP contribution in [0.25, 0.3) is 0 Å². The Labute approximate surface area is 87.1 Å². The zero-order chi connectivity index (χ0) is 16.1. The Hall–Kier alpha value is -0.410. The van der Waals surface area contributed by atoms with Gasteiger partial charge in [-0.25, -0.2) is 0 Å². The number of nitrogens with zero attached hydrogens (tertiary/aromatic N) is 1. The van der Waals surface area contributed by atoms with Crippen LogP contribution in [-0.2, 0) is 5.60 Å². The van der Waals surface area contributed by atoms with Gasteiger partial charge in [-0.05, 0) is 41.7 Å². The highest BCUT2D eigenvalue weighted by Crippen LogP contribution is 2.18. The molecule has 2 nitrogen and oxygen atoms in total. The molecule has 0 aliphatic rings. The van der Waals surface area contributed by atoms with Crippen molar-refractivity contribution in [1.82, 2.24) is 4.98 Å². The molecule has 60 valence electrons. The Morgan fingerprint density at radius 1 is 1.73 bits per heavy atom. The monoisotopic (exact) mass is 224 g/mol. The number of aliphatic hydroxyl groups is 1. The largest absolute Gasteiger partial charge is 0.384 e. The molecule has 1 aromatic heterocycles. The maximum atomic E-state index is 10.2. The maximum absolute atomic E-state index is 10.2. The smallest absolute Gasteiger partial charge is 0.101 e. The molecule has 0 unspecified atom stereocenters. The minimum absolute atomic E-state index is 0.190. The highest BCUT2D eigenvalue weighted by molar-refractivity contribution is 9.10. The first kappa shape index (κ1) is 2.54. The first-order chi connectivity index (χ1) is 8.75. The molecule has 11 heavy (non-hydrogen) atoms. The predicted molar refractivity (Wildman–Crippen MR) is 47.2 cm³/mol. The number of hydrogen-bond acceptors (Lipinski definition) is 2. The van der Waals surface area contributed by atoms with E-state index in [0.29, 0.717) is 0 Å². The molecule has 0 fully saturated rings. The molecule has 0 atom stereocenters. The molecule has 0 aliphatic heterocycles. The van der Waals surface area contributed by atoms with Crippen molar-refractivity contribution in [3.8, 4) is 0 Å². The fourth-order valence-corrected chi connectivity index (χ4v) is 0.634. The molecular formula is C8H10BrNO. The van der Waals surface area contributed by atoms with Gasteiger partial charge in [-0.3, -0.25) is 4.98 Å². The van der Waals surface area contributed by atoms with Crippen molar-refractivity contribution in [3.05, 3.63) is 28.4 Å². The molecule has 0 saturated heterocycles. The predicted octanol–water partition coefficient (Wildman–Crippen LogP) is 2.07. The molecular weight excluding hydrogens is 206 g/mol. The molecule has 0 aromatic carbocycles. The van der Waals surface area contributed by atoms with Gasteiger partial charge in [0.1, 0.15) is 5.60 Å². The second-order valence-electron chi connectivity index (χ2n) is 1.85. The summed E-state index contributed by atoms with van der Waals surface area (Å²) < 4.78 is 65.8. The quantitative estimate of drug-likeness (QED) is 0.793. The third-order valence-corrected chi connectivity index (χ3v) is 1.27. The van der Waals surface area contributed by atoms with Gasteiger partial charge in [-0.1, -0.05) is 0 Å². The summed E-state index contributed by atoms with van der Waals surface area (Å²) in [4.78, 5) is 3.38. The number of aromatic nitrogens is 1. The molecule has 0 amide bonds. The van der Waals surface area contributed by atoms with E-state index in [2.05, 4.69) is 20.9 Å². The summed E-state index contributed by atoms with van der Waals surface area (Å²) in [6.45, 7) is -6.82. The van der Waals surface area contributed by atoms with Crippen LogP contribution in [0, 0.1) is 0 Å². The zero-order valence-electron chi connectivity index (χ0n) is 14.3. The zero-order valence-corrected chi connectivity index (χ0v) is 6.86. The van der Waals surface area contributed by atoms with E-state index in [0.717, 1.165) is 0 Å². The third-order valence-electron chi connectivity index (χ3n) is 0.899. The van der Waals surface area contributed by atoms with Crippen molar-refractivity contribution in [3.63, 3.8) is 0 Å². The van der Waals surface area contributed by atoms with Gasteiger partial charge in [0, 0.05) is 18.9 Å². The van der Waals surface area contributed by atoms with Crippen molar-refractivity contribution in [1.29, 1.82) is 0 Å². The van der Waals surface area contributed by atoms with Gasteiger partial charge >= 0.3 is 0 Å². The van der Waals surface area contributed by atoms with E-state index in [4.69, 9.17) is 12.3 Å². The van der Waals surface area contributed by atoms with Crippen LogP contribution in [0.4, 0.5) is 0 Å². The lowest BCUT2D eigenvalue weighted by atomic mass is 10.1. The van der Waals surface area contributed by atoms with E-state index in [1.54, 1.807) is 0 Å². The molecule has 1 aromatic rings. The Balaban J connectivity index is 3.79. The van der Waals surface area contributed by atoms with Gasteiger partial charge in [-0.2, -0.15) is 0 Å². The molecule has 1 rings (SSSR count). The van der Waals surface area contributed by atoms with E-state index >= 15 is 0 Å². The number of rotatable bonds is 1. The van der Waals surface area contributed by atoms with Gasteiger partial charge in [0.15, 0.2) is 0 Å². The van der Waals surface area contributed by atoms with Gasteiger partial charge in [0.2, 0.25) is 0 Å². The summed E-state index contributed by atoms with van der Waals surface area (Å²) in [5.41, 5.74) is -4.46. The summed E-state index contributed by atoms with van der Waals surface area (Å²) in [6, 6.07) is -1.48. The second-order valence-corrected chi connectivity index (χ2v) is 2.64. The first-order valence-corrected chi connectivity index (χ1v) is 3.40. The van der Waals surface area contributed by atoms with Gasteiger partial charge in [0.05, 0.1) is 9.81 Å². The number of hydrogen-bond donors (Lipinski definition) is 1. The fraction of sp³-hybridized carbons (Fsp3) is 0.375. The Bertz CT molecular complexity index is 524. The maximum Gasteiger partial charge on any atom is 0.101 e. The van der Waals surface area contributed by atoms with Gasteiger partial charge in [-0.15, -0.1) is 0 Å². The fourth-order valence-electron chi connectivity index (χ4n) is 0.446. The number of pyridine rings is 1. The molecule has 0 spiro atoms. The summed E-state index contributed by atoms with van der Waals surface area (Å²) in [5, 5.41) is 10.2. The molecule has 0 aliphatic carbocycles. The van der Waals surface area contributed by atoms with E-state index in [9.17, 15) is 5.11 Å². The van der Waals surface area contributed by atoms with Crippen LogP contribution in [-0.4, -0.2) is 10.1 Å². The molecule has 1 N–H and O–H groups in total. The van der Waals surface area contributed by atoms with Gasteiger partial charge < -0.3 is 5.11 Å². The van der Waals surface area contributed by atoms with Crippen LogP contribution in [0.15, 0.2) is 22.7 Å². The van der Waals surface area contributed by atoms with Crippen LogP contribution in [0.5, 0.6) is 0 Å². The summed E-state index contributed by atoms with van der Waals surface area (Å²) in [5.74, 6) is 0. The lowest BCUT2D eigenvalue weighted by Crippen LogP contribution is -2.16. The standard InChI is InChI=1S/C8H10BrNO/c1-8(2,11)7-4-3-6(9)5-10-7/h3-5,11H,1-2H3/i1D3,2D3,3D,4D,5D. The van der Waals surface area contributed by atoms with Crippen LogP contribution in [0.1, 0.15) is 31.7 Å². The van der Waals surface area contributed by atoms with Crippen LogP contribution < -0.4 is 0 Å². The van der Waals surface area contributed by atoms with Crippen LogP contribution in [0.2, 0.25) is 0 Å². The number of halogens is 1. The summed E-state index contributed by atoms with van der Waals surface area (Å²) in [6.07, 6.45) is -0.632.